The third-order valence-electron chi connectivity index (χ3n) is 6.17. The number of para-hydroxylation sites is 1. The Bertz CT molecular complexity index is 454. The summed E-state index contributed by atoms with van der Waals surface area (Å²) < 4.78 is 0. The summed E-state index contributed by atoms with van der Waals surface area (Å²) >= 11 is 0. The summed E-state index contributed by atoms with van der Waals surface area (Å²) in [5.41, 5.74) is 8.18. The zero-order chi connectivity index (χ0) is 13.5. The summed E-state index contributed by atoms with van der Waals surface area (Å²) in [4.78, 5) is 0. The van der Waals surface area contributed by atoms with Crippen molar-refractivity contribution in [3.63, 3.8) is 0 Å². The quantitative estimate of drug-likeness (QED) is 0.823. The maximum atomic E-state index is 6.02. The molecular weight excluding hydrogens is 244 g/mol. The molecule has 3 N–H and O–H groups in total. The average molecular weight is 270 g/mol. The van der Waals surface area contributed by atoms with Gasteiger partial charge in [-0.2, -0.15) is 0 Å². The van der Waals surface area contributed by atoms with Crippen LogP contribution in [-0.4, -0.2) is 6.54 Å². The van der Waals surface area contributed by atoms with Crippen LogP contribution in [0.25, 0.3) is 0 Å². The number of nitrogen functional groups attached to an aromatic ring is 1. The molecule has 5 rings (SSSR count). The van der Waals surface area contributed by atoms with E-state index in [2.05, 4.69) is 17.4 Å². The molecule has 4 aliphatic carbocycles. The molecule has 4 saturated carbocycles. The zero-order valence-corrected chi connectivity index (χ0v) is 12.2. The van der Waals surface area contributed by atoms with Gasteiger partial charge in [0.25, 0.3) is 0 Å². The van der Waals surface area contributed by atoms with Crippen LogP contribution in [0.4, 0.5) is 5.69 Å². The largest absolute Gasteiger partial charge is 0.398 e. The Hall–Kier alpha value is -1.02. The predicted molar refractivity (Wildman–Crippen MR) is 83.1 cm³/mol. The Balaban J connectivity index is 1.35. The van der Waals surface area contributed by atoms with Crippen LogP contribution in [0.15, 0.2) is 24.3 Å². The topological polar surface area (TPSA) is 38.0 Å². The van der Waals surface area contributed by atoms with E-state index in [9.17, 15) is 0 Å². The lowest BCUT2D eigenvalue weighted by molar-refractivity contribution is -0.0355. The Kier molecular flexibility index (Phi) is 3.22. The first-order chi connectivity index (χ1) is 9.79. The van der Waals surface area contributed by atoms with Gasteiger partial charge < -0.3 is 11.1 Å². The second-order valence-corrected chi connectivity index (χ2v) is 7.42. The number of hydrogen-bond donors (Lipinski definition) is 2. The predicted octanol–water partition coefficient (Wildman–Crippen LogP) is 3.43. The van der Waals surface area contributed by atoms with Crippen LogP contribution in [0, 0.1) is 29.6 Å². The summed E-state index contributed by atoms with van der Waals surface area (Å²) in [6.45, 7) is 2.12. The van der Waals surface area contributed by atoms with E-state index in [0.29, 0.717) is 0 Å². The maximum Gasteiger partial charge on any atom is 0.0359 e. The second-order valence-electron chi connectivity index (χ2n) is 7.42. The third kappa shape index (κ3) is 2.24. The molecule has 108 valence electrons. The smallest absolute Gasteiger partial charge is 0.0359 e. The molecule has 1 aromatic rings. The Morgan fingerprint density at radius 1 is 0.950 bits per heavy atom. The number of nitrogens with one attached hydrogen (secondary N) is 1. The van der Waals surface area contributed by atoms with Crippen LogP contribution < -0.4 is 11.1 Å². The first-order valence-electron chi connectivity index (χ1n) is 8.33. The van der Waals surface area contributed by atoms with E-state index >= 15 is 0 Å². The van der Waals surface area contributed by atoms with Crippen molar-refractivity contribution in [2.24, 2.45) is 29.6 Å². The first-order valence-corrected chi connectivity index (χ1v) is 8.33. The lowest BCUT2D eigenvalue weighted by Crippen LogP contribution is -2.48. The van der Waals surface area contributed by atoms with Gasteiger partial charge >= 0.3 is 0 Å². The minimum atomic E-state index is 0.921. The van der Waals surface area contributed by atoms with E-state index < -0.39 is 0 Å². The van der Waals surface area contributed by atoms with Crippen LogP contribution in [0.3, 0.4) is 0 Å². The summed E-state index contributed by atoms with van der Waals surface area (Å²) in [6, 6.07) is 8.23. The fourth-order valence-corrected chi connectivity index (χ4v) is 5.44. The molecule has 0 aliphatic heterocycles. The number of rotatable bonds is 4. The molecule has 20 heavy (non-hydrogen) atoms. The normalized spacial score (nSPS) is 38.3. The van der Waals surface area contributed by atoms with Crippen molar-refractivity contribution in [2.45, 2.75) is 38.6 Å². The molecule has 0 radical (unpaired) electrons. The van der Waals surface area contributed by atoms with E-state index in [1.807, 2.05) is 12.1 Å². The minimum Gasteiger partial charge on any atom is -0.398 e. The Morgan fingerprint density at radius 3 is 2.25 bits per heavy atom. The number of hydrogen-bond acceptors (Lipinski definition) is 2. The molecule has 4 bridgehead atoms. The van der Waals surface area contributed by atoms with Crippen molar-refractivity contribution in [3.8, 4) is 0 Å². The van der Waals surface area contributed by atoms with Crippen molar-refractivity contribution < 1.29 is 0 Å². The minimum absolute atomic E-state index is 0.921. The molecule has 2 heteroatoms. The fraction of sp³-hybridized carbons (Fsp3) is 0.667. The number of nitrogens with two attached hydrogens (primary N) is 1. The van der Waals surface area contributed by atoms with Gasteiger partial charge in [0.15, 0.2) is 0 Å². The van der Waals surface area contributed by atoms with Crippen molar-refractivity contribution in [1.82, 2.24) is 5.32 Å². The summed E-state index contributed by atoms with van der Waals surface area (Å²) in [5.74, 6) is 5.14. The van der Waals surface area contributed by atoms with Crippen molar-refractivity contribution in [1.29, 1.82) is 0 Å². The molecule has 0 unspecified atom stereocenters. The molecule has 4 aliphatic rings. The molecular formula is C18H26N2. The highest BCUT2D eigenvalue weighted by Crippen LogP contribution is 2.56. The highest BCUT2D eigenvalue weighted by molar-refractivity contribution is 5.46. The standard InChI is InChI=1S/C18H26N2/c19-18-4-2-1-3-14(18)10-20-11-17-15-6-12-5-13(8-15)9-16(17)7-12/h1-4,12-13,15-17,20H,5-11,19H2. The summed E-state index contributed by atoms with van der Waals surface area (Å²) in [7, 11) is 0. The van der Waals surface area contributed by atoms with Crippen molar-refractivity contribution in [3.05, 3.63) is 29.8 Å². The summed E-state index contributed by atoms with van der Waals surface area (Å²) in [5, 5.41) is 3.69. The van der Waals surface area contributed by atoms with Crippen LogP contribution >= 0.6 is 0 Å². The van der Waals surface area contributed by atoms with E-state index in [1.54, 1.807) is 6.42 Å². The highest BCUT2D eigenvalue weighted by atomic mass is 14.9. The maximum absolute atomic E-state index is 6.02. The van der Waals surface area contributed by atoms with Crippen LogP contribution in [0.1, 0.15) is 37.7 Å². The van der Waals surface area contributed by atoms with Gasteiger partial charge in [0.05, 0.1) is 0 Å². The SMILES string of the molecule is Nc1ccccc1CNCC1C2CC3CC(C2)CC1C3. The lowest BCUT2D eigenvalue weighted by Gasteiger charge is -2.54. The summed E-state index contributed by atoms with van der Waals surface area (Å²) in [6.07, 6.45) is 7.63. The zero-order valence-electron chi connectivity index (χ0n) is 12.2. The highest BCUT2D eigenvalue weighted by Gasteiger charge is 2.47. The monoisotopic (exact) mass is 270 g/mol. The fourth-order valence-electron chi connectivity index (χ4n) is 5.44. The van der Waals surface area contributed by atoms with Gasteiger partial charge in [-0.05, 0) is 79.9 Å². The van der Waals surface area contributed by atoms with Crippen LogP contribution in [-0.2, 0) is 6.54 Å². The molecule has 0 atom stereocenters. The third-order valence-corrected chi connectivity index (χ3v) is 6.17. The Morgan fingerprint density at radius 2 is 1.60 bits per heavy atom. The number of benzene rings is 1. The van der Waals surface area contributed by atoms with E-state index in [4.69, 9.17) is 5.73 Å². The lowest BCUT2D eigenvalue weighted by atomic mass is 9.52. The van der Waals surface area contributed by atoms with E-state index in [0.717, 1.165) is 41.8 Å². The van der Waals surface area contributed by atoms with Gasteiger partial charge in [0.2, 0.25) is 0 Å². The molecule has 0 spiro atoms. The number of anilines is 1. The van der Waals surface area contributed by atoms with E-state index in [-0.39, 0.29) is 0 Å². The molecule has 4 fully saturated rings. The van der Waals surface area contributed by atoms with Crippen molar-refractivity contribution >= 4 is 5.69 Å². The molecule has 0 aromatic heterocycles. The van der Waals surface area contributed by atoms with Gasteiger partial charge in [-0.15, -0.1) is 0 Å². The van der Waals surface area contributed by atoms with Gasteiger partial charge in [0, 0.05) is 12.2 Å². The van der Waals surface area contributed by atoms with Gasteiger partial charge in [0.1, 0.15) is 0 Å². The van der Waals surface area contributed by atoms with Gasteiger partial charge in [-0.3, -0.25) is 0 Å². The first kappa shape index (κ1) is 12.7. The molecule has 0 amide bonds. The molecule has 1 aromatic carbocycles. The molecule has 0 saturated heterocycles. The van der Waals surface area contributed by atoms with Crippen LogP contribution in [0.5, 0.6) is 0 Å². The Labute approximate surface area is 122 Å². The second kappa shape index (κ2) is 5.07. The average Bonchev–Trinajstić information content (AvgIpc) is 2.43. The van der Waals surface area contributed by atoms with E-state index in [1.165, 1.54) is 37.8 Å². The van der Waals surface area contributed by atoms with Gasteiger partial charge in [-0.1, -0.05) is 18.2 Å². The van der Waals surface area contributed by atoms with Gasteiger partial charge in [-0.25, -0.2) is 0 Å². The molecule has 0 heterocycles. The van der Waals surface area contributed by atoms with Crippen LogP contribution in [0.2, 0.25) is 0 Å². The van der Waals surface area contributed by atoms with Crippen molar-refractivity contribution in [2.75, 3.05) is 12.3 Å². The molecule has 2 nitrogen and oxygen atoms in total.